The zero-order valence-electron chi connectivity index (χ0n) is 15.6. The number of rotatable bonds is 15. The highest BCUT2D eigenvalue weighted by Crippen LogP contribution is 2.39. The summed E-state index contributed by atoms with van der Waals surface area (Å²) in [6.07, 6.45) is 8.42. The summed E-state index contributed by atoms with van der Waals surface area (Å²) in [5, 5.41) is 42.1. The summed E-state index contributed by atoms with van der Waals surface area (Å²) >= 11 is 0. The van der Waals surface area contributed by atoms with Crippen LogP contribution < -0.4 is 0 Å². The van der Waals surface area contributed by atoms with Crippen molar-refractivity contribution in [3.8, 4) is 0 Å². The van der Waals surface area contributed by atoms with Gasteiger partial charge in [-0.1, -0.05) is 78.6 Å². The van der Waals surface area contributed by atoms with Crippen molar-refractivity contribution in [2.24, 2.45) is 0 Å². The Kier molecular flexibility index (Phi) is 12.2. The molecule has 0 radical (unpaired) electrons. The molecule has 0 amide bonds. The second-order valence-corrected chi connectivity index (χ2v) is 7.03. The molecule has 23 heavy (non-hydrogen) atoms. The molecule has 0 aliphatic heterocycles. The molecule has 0 aromatic heterocycles. The van der Waals surface area contributed by atoms with E-state index in [0.29, 0.717) is 19.3 Å². The van der Waals surface area contributed by atoms with Crippen molar-refractivity contribution < 1.29 is 20.4 Å². The minimum atomic E-state index is -1.63. The predicted molar refractivity (Wildman–Crippen MR) is 95.4 cm³/mol. The molecule has 0 rings (SSSR count). The topological polar surface area (TPSA) is 80.9 Å². The maximum absolute atomic E-state index is 11.3. The number of aliphatic hydroxyl groups excluding tert-OH is 2. The van der Waals surface area contributed by atoms with Gasteiger partial charge in [-0.25, -0.2) is 0 Å². The van der Waals surface area contributed by atoms with Crippen LogP contribution in [0.1, 0.15) is 97.8 Å². The van der Waals surface area contributed by atoms with Gasteiger partial charge in [-0.05, 0) is 19.3 Å². The first-order valence-electron chi connectivity index (χ1n) is 9.65. The fraction of sp³-hybridized carbons (Fsp3) is 1.00. The summed E-state index contributed by atoms with van der Waals surface area (Å²) in [6.45, 7) is 5.76. The maximum Gasteiger partial charge on any atom is 0.121 e. The first-order chi connectivity index (χ1) is 10.9. The third-order valence-electron chi connectivity index (χ3n) is 5.08. The van der Waals surface area contributed by atoms with Gasteiger partial charge in [0.25, 0.3) is 0 Å². The van der Waals surface area contributed by atoms with E-state index in [1.54, 1.807) is 0 Å². The Hall–Kier alpha value is -0.160. The van der Waals surface area contributed by atoms with Crippen molar-refractivity contribution in [3.63, 3.8) is 0 Å². The molecular weight excluding hydrogens is 292 g/mol. The number of hydrogen-bond donors (Lipinski definition) is 4. The van der Waals surface area contributed by atoms with Crippen molar-refractivity contribution in [1.29, 1.82) is 0 Å². The minimum absolute atomic E-state index is 0.331. The van der Waals surface area contributed by atoms with Crippen molar-refractivity contribution >= 4 is 0 Å². The molecule has 0 heterocycles. The van der Waals surface area contributed by atoms with Crippen molar-refractivity contribution in [1.82, 2.24) is 0 Å². The summed E-state index contributed by atoms with van der Waals surface area (Å²) < 4.78 is 0. The van der Waals surface area contributed by atoms with Gasteiger partial charge in [0.15, 0.2) is 0 Å². The van der Waals surface area contributed by atoms with Crippen LogP contribution in [-0.2, 0) is 0 Å². The lowest BCUT2D eigenvalue weighted by Crippen LogP contribution is -2.62. The van der Waals surface area contributed by atoms with Gasteiger partial charge < -0.3 is 20.4 Å². The van der Waals surface area contributed by atoms with Gasteiger partial charge in [-0.3, -0.25) is 0 Å². The smallest absolute Gasteiger partial charge is 0.121 e. The van der Waals surface area contributed by atoms with Gasteiger partial charge in [0.2, 0.25) is 0 Å². The normalized spacial score (nSPS) is 16.3. The van der Waals surface area contributed by atoms with E-state index in [9.17, 15) is 20.4 Å². The highest BCUT2D eigenvalue weighted by atomic mass is 16.4. The van der Waals surface area contributed by atoms with Crippen LogP contribution in [0.25, 0.3) is 0 Å². The standard InChI is InChI=1S/C19H40O4/c1-4-7-10-13-18(22,14-11-8-5-2)19(23,17(21)16-20)15-12-9-6-3/h17,20-23H,4-16H2,1-3H3/t17-,19-/m1/s1. The van der Waals surface area contributed by atoms with E-state index in [1.807, 2.05) is 0 Å². The third kappa shape index (κ3) is 7.08. The number of unbranched alkanes of at least 4 members (excludes halogenated alkanes) is 6. The van der Waals surface area contributed by atoms with Gasteiger partial charge in [0.1, 0.15) is 11.7 Å². The molecule has 0 fully saturated rings. The quantitative estimate of drug-likeness (QED) is 0.346. The van der Waals surface area contributed by atoms with E-state index in [-0.39, 0.29) is 0 Å². The molecule has 2 atom stereocenters. The Bertz CT molecular complexity index is 273. The van der Waals surface area contributed by atoms with Crippen LogP contribution >= 0.6 is 0 Å². The highest BCUT2D eigenvalue weighted by Gasteiger charge is 2.52. The maximum atomic E-state index is 11.3. The summed E-state index contributed by atoms with van der Waals surface area (Å²) in [5.41, 5.74) is -2.95. The molecule has 140 valence electrons. The molecule has 4 heteroatoms. The van der Waals surface area contributed by atoms with E-state index in [4.69, 9.17) is 0 Å². The van der Waals surface area contributed by atoms with E-state index in [1.165, 1.54) is 0 Å². The van der Waals surface area contributed by atoms with E-state index < -0.39 is 23.9 Å². The van der Waals surface area contributed by atoms with E-state index >= 15 is 0 Å². The van der Waals surface area contributed by atoms with Crippen LogP contribution in [0.15, 0.2) is 0 Å². The largest absolute Gasteiger partial charge is 0.394 e. The van der Waals surface area contributed by atoms with E-state index in [0.717, 1.165) is 57.8 Å². The average molecular weight is 333 g/mol. The van der Waals surface area contributed by atoms with Crippen molar-refractivity contribution in [3.05, 3.63) is 0 Å². The Morgan fingerprint density at radius 1 is 0.696 bits per heavy atom. The molecule has 0 bridgehead atoms. The second-order valence-electron chi connectivity index (χ2n) is 7.03. The summed E-state index contributed by atoms with van der Waals surface area (Å²) in [6, 6.07) is 0. The zero-order chi connectivity index (χ0) is 17.8. The summed E-state index contributed by atoms with van der Waals surface area (Å²) in [4.78, 5) is 0. The molecule has 4 N–H and O–H groups in total. The Labute approximate surface area is 142 Å². The monoisotopic (exact) mass is 332 g/mol. The average Bonchev–Trinajstić information content (AvgIpc) is 2.54. The minimum Gasteiger partial charge on any atom is -0.394 e. The second kappa shape index (κ2) is 12.2. The molecule has 0 saturated heterocycles. The first kappa shape index (κ1) is 22.8. The molecule has 0 unspecified atom stereocenters. The molecule has 0 aliphatic carbocycles. The van der Waals surface area contributed by atoms with Crippen LogP contribution in [-0.4, -0.2) is 44.3 Å². The molecule has 0 saturated carbocycles. The Balaban J connectivity index is 5.22. The highest BCUT2D eigenvalue weighted by molar-refractivity contribution is 5.04. The molecule has 4 nitrogen and oxygen atoms in total. The Morgan fingerprint density at radius 3 is 1.43 bits per heavy atom. The van der Waals surface area contributed by atoms with Crippen LogP contribution in [0.2, 0.25) is 0 Å². The van der Waals surface area contributed by atoms with Crippen molar-refractivity contribution in [2.75, 3.05) is 6.61 Å². The van der Waals surface area contributed by atoms with Gasteiger partial charge in [-0.2, -0.15) is 0 Å². The van der Waals surface area contributed by atoms with Crippen LogP contribution in [0.3, 0.4) is 0 Å². The van der Waals surface area contributed by atoms with E-state index in [2.05, 4.69) is 20.8 Å². The van der Waals surface area contributed by atoms with Crippen LogP contribution in [0.5, 0.6) is 0 Å². The first-order valence-corrected chi connectivity index (χ1v) is 9.65. The number of aliphatic hydroxyl groups is 4. The van der Waals surface area contributed by atoms with Crippen molar-refractivity contribution in [2.45, 2.75) is 115 Å². The molecular formula is C19H40O4. The fourth-order valence-electron chi connectivity index (χ4n) is 3.40. The molecule has 0 aliphatic rings. The SMILES string of the molecule is CCCCCC(O)(CCCCC)[C@@](O)(CCCCC)[C@H](O)CO. The lowest BCUT2D eigenvalue weighted by atomic mass is 9.70. The molecule has 0 aromatic carbocycles. The van der Waals surface area contributed by atoms with Gasteiger partial charge in [0, 0.05) is 0 Å². The van der Waals surface area contributed by atoms with Gasteiger partial charge in [0.05, 0.1) is 12.2 Å². The van der Waals surface area contributed by atoms with Crippen LogP contribution in [0.4, 0.5) is 0 Å². The van der Waals surface area contributed by atoms with Crippen LogP contribution in [0, 0.1) is 0 Å². The lowest BCUT2D eigenvalue weighted by molar-refractivity contribution is -0.220. The molecule has 0 spiro atoms. The summed E-state index contributed by atoms with van der Waals surface area (Å²) in [5.74, 6) is 0. The fourth-order valence-corrected chi connectivity index (χ4v) is 3.40. The lowest BCUT2D eigenvalue weighted by Gasteiger charge is -2.46. The third-order valence-corrected chi connectivity index (χ3v) is 5.08. The predicted octanol–water partition coefficient (Wildman–Crippen LogP) is 3.54. The van der Waals surface area contributed by atoms with Gasteiger partial charge >= 0.3 is 0 Å². The molecule has 0 aromatic rings. The van der Waals surface area contributed by atoms with Gasteiger partial charge in [-0.15, -0.1) is 0 Å². The summed E-state index contributed by atoms with van der Waals surface area (Å²) in [7, 11) is 0. The zero-order valence-corrected chi connectivity index (χ0v) is 15.6. The number of hydrogen-bond acceptors (Lipinski definition) is 4. The Morgan fingerprint density at radius 2 is 1.09 bits per heavy atom.